The Balaban J connectivity index is 3.13. The fraction of sp³-hybridized carbons (Fsp3) is 1.00. The van der Waals surface area contributed by atoms with E-state index in [1.807, 2.05) is 0 Å². The van der Waals surface area contributed by atoms with Gasteiger partial charge in [-0.05, 0) is 13.3 Å². The van der Waals surface area contributed by atoms with Crippen LogP contribution in [0.2, 0.25) is 0 Å². The van der Waals surface area contributed by atoms with Crippen LogP contribution in [0, 0.1) is 0 Å². The van der Waals surface area contributed by atoms with Gasteiger partial charge in [0.1, 0.15) is 0 Å². The third kappa shape index (κ3) is 8.48. The Bertz CT molecular complexity index is 124. The fourth-order valence-electron chi connectivity index (χ4n) is 1.22. The van der Waals surface area contributed by atoms with Gasteiger partial charge in [-0.15, -0.1) is 0 Å². The smallest absolute Gasteiger partial charge is 0.186 e. The minimum absolute atomic E-state index is 0.344. The van der Waals surface area contributed by atoms with Crippen molar-refractivity contribution in [2.45, 2.75) is 58.2 Å². The van der Waals surface area contributed by atoms with Crippen molar-refractivity contribution in [2.75, 3.05) is 13.2 Å². The van der Waals surface area contributed by atoms with Crippen molar-refractivity contribution in [3.05, 3.63) is 0 Å². The molecule has 0 radical (unpaired) electrons. The van der Waals surface area contributed by atoms with Crippen molar-refractivity contribution in [1.82, 2.24) is 0 Å². The molecule has 0 heterocycles. The number of hydrogen-bond donors (Lipinski definition) is 2. The molecular formula is C11H24O3. The van der Waals surface area contributed by atoms with E-state index in [2.05, 4.69) is 6.92 Å². The molecule has 3 nitrogen and oxygen atoms in total. The normalized spacial score (nSPS) is 15.4. The lowest BCUT2D eigenvalue weighted by atomic mass is 10.1. The zero-order valence-electron chi connectivity index (χ0n) is 9.46. The zero-order valence-corrected chi connectivity index (χ0v) is 9.46. The largest absolute Gasteiger partial charge is 0.391 e. The van der Waals surface area contributed by atoms with Crippen LogP contribution in [0.1, 0.15) is 52.4 Å². The number of unbranched alkanes of at least 4 members (excludes halogenated alkanes) is 5. The summed E-state index contributed by atoms with van der Waals surface area (Å²) >= 11 is 0. The van der Waals surface area contributed by atoms with Crippen LogP contribution in [-0.4, -0.2) is 29.2 Å². The Morgan fingerprint density at radius 2 is 1.64 bits per heavy atom. The highest BCUT2D eigenvalue weighted by Gasteiger charge is 2.18. The standard InChI is InChI=1S/C11H24O3/c1-3-4-5-6-7-8-9-14-11(2,13)10-12/h12-13H,3-10H2,1-2H3. The summed E-state index contributed by atoms with van der Waals surface area (Å²) in [6.07, 6.45) is 7.18. The van der Waals surface area contributed by atoms with E-state index in [0.717, 1.165) is 12.8 Å². The lowest BCUT2D eigenvalue weighted by molar-refractivity contribution is -0.211. The Hall–Kier alpha value is -0.120. The average Bonchev–Trinajstić information content (AvgIpc) is 2.16. The summed E-state index contributed by atoms with van der Waals surface area (Å²) in [7, 11) is 0. The number of aliphatic hydroxyl groups is 2. The van der Waals surface area contributed by atoms with Crippen molar-refractivity contribution < 1.29 is 14.9 Å². The Morgan fingerprint density at radius 3 is 2.21 bits per heavy atom. The van der Waals surface area contributed by atoms with Gasteiger partial charge in [-0.3, -0.25) is 0 Å². The second-order valence-corrected chi connectivity index (χ2v) is 3.95. The van der Waals surface area contributed by atoms with Gasteiger partial charge in [0.2, 0.25) is 0 Å². The molecule has 1 atom stereocenters. The van der Waals surface area contributed by atoms with Crippen LogP contribution in [0.25, 0.3) is 0 Å². The highest BCUT2D eigenvalue weighted by molar-refractivity contribution is 4.55. The molecule has 0 spiro atoms. The highest BCUT2D eigenvalue weighted by Crippen LogP contribution is 2.08. The third-order valence-corrected chi connectivity index (χ3v) is 2.20. The van der Waals surface area contributed by atoms with E-state index in [-0.39, 0.29) is 6.61 Å². The molecule has 14 heavy (non-hydrogen) atoms. The van der Waals surface area contributed by atoms with Crippen molar-refractivity contribution in [1.29, 1.82) is 0 Å². The Labute approximate surface area is 87.1 Å². The monoisotopic (exact) mass is 204 g/mol. The zero-order chi connectivity index (χ0) is 10.9. The summed E-state index contributed by atoms with van der Waals surface area (Å²) in [5.74, 6) is -1.36. The molecule has 0 amide bonds. The quantitative estimate of drug-likeness (QED) is 0.446. The molecule has 0 bridgehead atoms. The van der Waals surface area contributed by atoms with Crippen molar-refractivity contribution in [3.8, 4) is 0 Å². The first-order valence-corrected chi connectivity index (χ1v) is 5.59. The molecule has 2 N–H and O–H groups in total. The van der Waals surface area contributed by atoms with Gasteiger partial charge in [0.15, 0.2) is 5.79 Å². The number of aliphatic hydroxyl groups excluding tert-OH is 1. The average molecular weight is 204 g/mol. The second-order valence-electron chi connectivity index (χ2n) is 3.95. The van der Waals surface area contributed by atoms with Crippen LogP contribution in [0.15, 0.2) is 0 Å². The Kier molecular flexibility index (Phi) is 8.14. The minimum atomic E-state index is -1.36. The first-order valence-electron chi connectivity index (χ1n) is 5.59. The molecule has 1 unspecified atom stereocenters. The molecule has 0 saturated carbocycles. The third-order valence-electron chi connectivity index (χ3n) is 2.20. The lowest BCUT2D eigenvalue weighted by Gasteiger charge is -2.20. The molecule has 0 aromatic heterocycles. The van der Waals surface area contributed by atoms with Gasteiger partial charge >= 0.3 is 0 Å². The van der Waals surface area contributed by atoms with Crippen molar-refractivity contribution in [3.63, 3.8) is 0 Å². The fourth-order valence-corrected chi connectivity index (χ4v) is 1.22. The number of ether oxygens (including phenoxy) is 1. The molecule has 0 aromatic carbocycles. The SMILES string of the molecule is CCCCCCCCOC(C)(O)CO. The maximum atomic E-state index is 9.29. The molecule has 86 valence electrons. The van der Waals surface area contributed by atoms with E-state index in [0.29, 0.717) is 6.61 Å². The van der Waals surface area contributed by atoms with Gasteiger partial charge in [-0.1, -0.05) is 39.0 Å². The van der Waals surface area contributed by atoms with Gasteiger partial charge in [0, 0.05) is 0 Å². The summed E-state index contributed by atoms with van der Waals surface area (Å²) in [6, 6.07) is 0. The molecular weight excluding hydrogens is 180 g/mol. The molecule has 3 heteroatoms. The van der Waals surface area contributed by atoms with Crippen LogP contribution >= 0.6 is 0 Å². The summed E-state index contributed by atoms with van der Waals surface area (Å²) in [6.45, 7) is 3.86. The van der Waals surface area contributed by atoms with Crippen LogP contribution in [0.5, 0.6) is 0 Å². The molecule has 0 saturated heterocycles. The molecule has 0 aliphatic heterocycles. The van der Waals surface area contributed by atoms with E-state index >= 15 is 0 Å². The minimum Gasteiger partial charge on any atom is -0.391 e. The maximum absolute atomic E-state index is 9.29. The molecule has 0 rings (SSSR count). The summed E-state index contributed by atoms with van der Waals surface area (Å²) in [5.41, 5.74) is 0. The second kappa shape index (κ2) is 8.21. The van der Waals surface area contributed by atoms with Crippen LogP contribution in [-0.2, 0) is 4.74 Å². The predicted molar refractivity (Wildman–Crippen MR) is 57.0 cm³/mol. The highest BCUT2D eigenvalue weighted by atomic mass is 16.6. The molecule has 0 aromatic rings. The van der Waals surface area contributed by atoms with Crippen LogP contribution in [0.3, 0.4) is 0 Å². The van der Waals surface area contributed by atoms with Gasteiger partial charge in [-0.25, -0.2) is 0 Å². The van der Waals surface area contributed by atoms with Gasteiger partial charge in [0.05, 0.1) is 13.2 Å². The first-order chi connectivity index (χ1) is 6.62. The Morgan fingerprint density at radius 1 is 1.07 bits per heavy atom. The lowest BCUT2D eigenvalue weighted by Crippen LogP contribution is -2.32. The van der Waals surface area contributed by atoms with E-state index in [4.69, 9.17) is 9.84 Å². The van der Waals surface area contributed by atoms with Gasteiger partial charge in [-0.2, -0.15) is 0 Å². The number of rotatable bonds is 9. The van der Waals surface area contributed by atoms with Crippen LogP contribution < -0.4 is 0 Å². The van der Waals surface area contributed by atoms with Gasteiger partial charge in [0.25, 0.3) is 0 Å². The molecule has 0 fully saturated rings. The first kappa shape index (κ1) is 13.9. The van der Waals surface area contributed by atoms with E-state index in [1.165, 1.54) is 32.6 Å². The van der Waals surface area contributed by atoms with E-state index in [1.54, 1.807) is 0 Å². The topological polar surface area (TPSA) is 49.7 Å². The molecule has 0 aliphatic carbocycles. The van der Waals surface area contributed by atoms with Crippen molar-refractivity contribution in [2.24, 2.45) is 0 Å². The maximum Gasteiger partial charge on any atom is 0.186 e. The molecule has 0 aliphatic rings. The van der Waals surface area contributed by atoms with Crippen molar-refractivity contribution >= 4 is 0 Å². The van der Waals surface area contributed by atoms with Crippen LogP contribution in [0.4, 0.5) is 0 Å². The predicted octanol–water partition coefficient (Wildman–Crippen LogP) is 2.06. The number of hydrogen-bond acceptors (Lipinski definition) is 3. The summed E-state index contributed by atoms with van der Waals surface area (Å²) in [5, 5.41) is 18.0. The van der Waals surface area contributed by atoms with E-state index < -0.39 is 5.79 Å². The van der Waals surface area contributed by atoms with Gasteiger partial charge < -0.3 is 14.9 Å². The summed E-state index contributed by atoms with van der Waals surface area (Å²) in [4.78, 5) is 0. The van der Waals surface area contributed by atoms with E-state index in [9.17, 15) is 5.11 Å². The summed E-state index contributed by atoms with van der Waals surface area (Å²) < 4.78 is 5.09.